The van der Waals surface area contributed by atoms with Gasteiger partial charge in [0.05, 0.1) is 29.0 Å². The van der Waals surface area contributed by atoms with Gasteiger partial charge in [-0.3, -0.25) is 4.90 Å². The molecule has 1 saturated carbocycles. The molecule has 1 aromatic heterocycles. The van der Waals surface area contributed by atoms with E-state index in [1.807, 2.05) is 0 Å². The molecule has 33 heavy (non-hydrogen) atoms. The quantitative estimate of drug-likeness (QED) is 0.697. The highest BCUT2D eigenvalue weighted by atomic mass is 16.5. The fourth-order valence-corrected chi connectivity index (χ4v) is 6.14. The Labute approximate surface area is 197 Å². The van der Waals surface area contributed by atoms with Crippen LogP contribution in [0.15, 0.2) is 0 Å². The molecule has 3 heterocycles. The van der Waals surface area contributed by atoms with Gasteiger partial charge in [-0.05, 0) is 43.6 Å². The molecule has 7 nitrogen and oxygen atoms in total. The number of piperazine rings is 1. The number of nitriles is 1. The van der Waals surface area contributed by atoms with E-state index in [4.69, 9.17) is 9.72 Å². The monoisotopic (exact) mass is 454 g/mol. The van der Waals surface area contributed by atoms with Crippen molar-refractivity contribution in [2.45, 2.75) is 91.4 Å². The van der Waals surface area contributed by atoms with Gasteiger partial charge in [-0.2, -0.15) is 5.26 Å². The summed E-state index contributed by atoms with van der Waals surface area (Å²) in [6.07, 6.45) is 2.05. The predicted octanol–water partition coefficient (Wildman–Crippen LogP) is 4.92. The molecule has 2 aliphatic heterocycles. The zero-order chi connectivity index (χ0) is 24.3. The number of nitrogens with zero attached hydrogens (tertiary/aromatic N) is 4. The Bertz CT molecular complexity index is 1000. The summed E-state index contributed by atoms with van der Waals surface area (Å²) in [5, 5.41) is 20.4. The fourth-order valence-electron chi connectivity index (χ4n) is 6.14. The first-order chi connectivity index (χ1) is 15.3. The second-order valence-corrected chi connectivity index (χ2v) is 11.9. The van der Waals surface area contributed by atoms with E-state index in [0.717, 1.165) is 35.5 Å². The maximum absolute atomic E-state index is 12.3. The number of amides is 1. The Morgan fingerprint density at radius 2 is 1.91 bits per heavy atom. The predicted molar refractivity (Wildman–Crippen MR) is 127 cm³/mol. The number of pyridine rings is 1. The summed E-state index contributed by atoms with van der Waals surface area (Å²) < 4.78 is 6.11. The van der Waals surface area contributed by atoms with Crippen LogP contribution in [0.1, 0.15) is 89.6 Å². The van der Waals surface area contributed by atoms with E-state index in [2.05, 4.69) is 59.4 Å². The molecule has 1 aliphatic carbocycles. The Kier molecular flexibility index (Phi) is 5.68. The Balaban J connectivity index is 1.86. The van der Waals surface area contributed by atoms with Crippen molar-refractivity contribution in [1.82, 2.24) is 9.88 Å². The van der Waals surface area contributed by atoms with Crippen molar-refractivity contribution in [3.8, 4) is 6.07 Å². The lowest BCUT2D eigenvalue weighted by molar-refractivity contribution is -0.0412. The number of carboxylic acid groups (broad SMARTS) is 1. The van der Waals surface area contributed by atoms with Gasteiger partial charge in [-0.15, -0.1) is 0 Å². The molecule has 0 aromatic carbocycles. The number of hydrogen-bond acceptors (Lipinski definition) is 5. The third kappa shape index (κ3) is 3.86. The highest BCUT2D eigenvalue weighted by Gasteiger charge is 2.54. The van der Waals surface area contributed by atoms with E-state index < -0.39 is 11.6 Å². The largest absolute Gasteiger partial charge is 0.465 e. The molecule has 2 fully saturated rings. The minimum atomic E-state index is -0.880. The van der Waals surface area contributed by atoms with Crippen LogP contribution in [0.2, 0.25) is 0 Å². The zero-order valence-electron chi connectivity index (χ0n) is 21.2. The van der Waals surface area contributed by atoms with Gasteiger partial charge in [0.1, 0.15) is 11.9 Å². The fraction of sp³-hybridized carbons (Fsp3) is 0.731. The van der Waals surface area contributed by atoms with Crippen LogP contribution in [0.25, 0.3) is 0 Å². The lowest BCUT2D eigenvalue weighted by Crippen LogP contribution is -2.71. The molecule has 1 N–H and O–H groups in total. The number of hydrogen-bond donors (Lipinski definition) is 1. The summed E-state index contributed by atoms with van der Waals surface area (Å²) in [6, 6.07) is 2.49. The number of aromatic nitrogens is 1. The smallest absolute Gasteiger partial charge is 0.407 e. The number of carbonyl (C=O) groups is 1. The molecular weight excluding hydrogens is 416 g/mol. The summed E-state index contributed by atoms with van der Waals surface area (Å²) in [5.41, 5.74) is 2.67. The molecular formula is C26H38N4O3. The molecule has 1 saturated heterocycles. The van der Waals surface area contributed by atoms with E-state index in [9.17, 15) is 15.2 Å². The van der Waals surface area contributed by atoms with Crippen molar-refractivity contribution in [1.29, 1.82) is 5.26 Å². The average Bonchev–Trinajstić information content (AvgIpc) is 3.55. The van der Waals surface area contributed by atoms with Crippen LogP contribution in [0.5, 0.6) is 0 Å². The molecule has 4 rings (SSSR count). The van der Waals surface area contributed by atoms with Crippen LogP contribution in [0, 0.1) is 22.7 Å². The minimum Gasteiger partial charge on any atom is -0.465 e. The lowest BCUT2D eigenvalue weighted by Gasteiger charge is -2.58. The second kappa shape index (κ2) is 7.87. The molecule has 0 radical (unpaired) electrons. The standard InChI is InChI=1S/C26H38N4O3/c1-16(2)26(24(3,4)5)15-29(10-11-30(26)23(31)32)22-19(13-27)18-12-25(6,7)33-14-20(18)21(28-22)17-8-9-17/h16-17H,8-12,14-15H2,1-7H3,(H,31,32). The van der Waals surface area contributed by atoms with Crippen LogP contribution in [-0.2, 0) is 17.8 Å². The van der Waals surface area contributed by atoms with Gasteiger partial charge in [0, 0.05) is 37.5 Å². The first-order valence-corrected chi connectivity index (χ1v) is 12.2. The number of ether oxygens (including phenoxy) is 1. The molecule has 1 atom stereocenters. The molecule has 1 amide bonds. The normalized spacial score (nSPS) is 25.1. The van der Waals surface area contributed by atoms with E-state index in [-0.39, 0.29) is 16.9 Å². The van der Waals surface area contributed by atoms with E-state index >= 15 is 0 Å². The van der Waals surface area contributed by atoms with Crippen molar-refractivity contribution in [2.24, 2.45) is 11.3 Å². The van der Waals surface area contributed by atoms with Crippen molar-refractivity contribution in [3.05, 3.63) is 22.4 Å². The van der Waals surface area contributed by atoms with Crippen molar-refractivity contribution < 1.29 is 14.6 Å². The molecule has 0 spiro atoms. The third-order valence-corrected chi connectivity index (χ3v) is 8.00. The molecule has 0 bridgehead atoms. The van der Waals surface area contributed by atoms with Crippen LogP contribution in [0.3, 0.4) is 0 Å². The minimum absolute atomic E-state index is 0.0924. The number of fused-ring (bicyclic) bond motifs is 1. The van der Waals surface area contributed by atoms with Gasteiger partial charge < -0.3 is 14.7 Å². The zero-order valence-corrected chi connectivity index (χ0v) is 21.2. The summed E-state index contributed by atoms with van der Waals surface area (Å²) >= 11 is 0. The highest BCUT2D eigenvalue weighted by molar-refractivity contribution is 5.69. The highest BCUT2D eigenvalue weighted by Crippen LogP contribution is 2.48. The van der Waals surface area contributed by atoms with Gasteiger partial charge in [0.25, 0.3) is 0 Å². The van der Waals surface area contributed by atoms with E-state index in [0.29, 0.717) is 44.1 Å². The summed E-state index contributed by atoms with van der Waals surface area (Å²) in [4.78, 5) is 21.3. The Hall–Kier alpha value is -2.33. The summed E-state index contributed by atoms with van der Waals surface area (Å²) in [6.45, 7) is 16.6. The van der Waals surface area contributed by atoms with Crippen LogP contribution in [-0.4, -0.2) is 51.9 Å². The first-order valence-electron chi connectivity index (χ1n) is 12.2. The van der Waals surface area contributed by atoms with E-state index in [1.54, 1.807) is 4.90 Å². The number of rotatable bonds is 3. The van der Waals surface area contributed by atoms with Crippen LogP contribution < -0.4 is 4.90 Å². The second-order valence-electron chi connectivity index (χ2n) is 11.9. The van der Waals surface area contributed by atoms with E-state index in [1.165, 1.54) is 0 Å². The summed E-state index contributed by atoms with van der Waals surface area (Å²) in [5.74, 6) is 1.26. The first kappa shape index (κ1) is 23.8. The van der Waals surface area contributed by atoms with Crippen LogP contribution in [0.4, 0.5) is 10.6 Å². The molecule has 180 valence electrons. The Morgan fingerprint density at radius 3 is 2.42 bits per heavy atom. The molecule has 3 aliphatic rings. The summed E-state index contributed by atoms with van der Waals surface area (Å²) in [7, 11) is 0. The number of anilines is 1. The van der Waals surface area contributed by atoms with Gasteiger partial charge >= 0.3 is 6.09 Å². The molecule has 1 aromatic rings. The van der Waals surface area contributed by atoms with Gasteiger partial charge in [0.15, 0.2) is 0 Å². The van der Waals surface area contributed by atoms with Gasteiger partial charge in [0.2, 0.25) is 0 Å². The lowest BCUT2D eigenvalue weighted by atomic mass is 9.64. The van der Waals surface area contributed by atoms with Crippen molar-refractivity contribution in [3.63, 3.8) is 0 Å². The third-order valence-electron chi connectivity index (χ3n) is 8.00. The van der Waals surface area contributed by atoms with Crippen LogP contribution >= 0.6 is 0 Å². The Morgan fingerprint density at radius 1 is 1.24 bits per heavy atom. The SMILES string of the molecule is CC(C)C1(C(C)(C)C)CN(c2nc(C3CC3)c3c(c2C#N)CC(C)(C)OC3)CCN1C(=O)O. The van der Waals surface area contributed by atoms with Gasteiger partial charge in [-0.25, -0.2) is 9.78 Å². The van der Waals surface area contributed by atoms with Gasteiger partial charge in [-0.1, -0.05) is 34.6 Å². The average molecular weight is 455 g/mol. The molecule has 1 unspecified atom stereocenters. The maximum Gasteiger partial charge on any atom is 0.407 e. The van der Waals surface area contributed by atoms with Crippen molar-refractivity contribution in [2.75, 3.05) is 24.5 Å². The topological polar surface area (TPSA) is 89.7 Å². The molecule has 7 heteroatoms. The maximum atomic E-state index is 12.3. The van der Waals surface area contributed by atoms with Crippen molar-refractivity contribution >= 4 is 11.9 Å².